The molecule has 2 unspecified atom stereocenters. The van der Waals surface area contributed by atoms with Gasteiger partial charge in [0.2, 0.25) is 0 Å². The third kappa shape index (κ3) is 15.9. The van der Waals surface area contributed by atoms with Gasteiger partial charge in [-0.15, -0.1) is 0 Å². The van der Waals surface area contributed by atoms with Crippen LogP contribution in [0.5, 0.6) is 0 Å². The molecule has 0 saturated carbocycles. The molecule has 0 aliphatic carbocycles. The van der Waals surface area contributed by atoms with Crippen molar-refractivity contribution in [3.63, 3.8) is 0 Å². The van der Waals surface area contributed by atoms with Gasteiger partial charge in [-0.05, 0) is 45.4 Å². The number of carbonyl (C=O) groups excluding carboxylic acids is 2. The number of hydrogen-bond acceptors (Lipinski definition) is 4. The van der Waals surface area contributed by atoms with E-state index in [1.165, 1.54) is 26.2 Å². The van der Waals surface area contributed by atoms with Crippen molar-refractivity contribution in [2.75, 3.05) is 6.61 Å². The quantitative estimate of drug-likeness (QED) is 0.123. The van der Waals surface area contributed by atoms with E-state index in [1.54, 1.807) is 0 Å². The maximum absolute atomic E-state index is 12.0. The van der Waals surface area contributed by atoms with Crippen LogP contribution in [0.4, 0.5) is 0 Å². The van der Waals surface area contributed by atoms with Gasteiger partial charge >= 0.3 is 5.97 Å². The van der Waals surface area contributed by atoms with Crippen LogP contribution in [0.15, 0.2) is 12.2 Å². The average molecular weight is 397 g/mol. The fourth-order valence-corrected chi connectivity index (χ4v) is 3.16. The first-order valence-corrected chi connectivity index (χ1v) is 11.5. The Bertz CT molecular complexity index is 417. The zero-order valence-electron chi connectivity index (χ0n) is 18.6. The van der Waals surface area contributed by atoms with Crippen molar-refractivity contribution in [1.29, 1.82) is 0 Å². The molecule has 0 radical (unpaired) electrons. The van der Waals surface area contributed by atoms with Crippen molar-refractivity contribution in [2.45, 2.75) is 117 Å². The summed E-state index contributed by atoms with van der Waals surface area (Å²) in [4.78, 5) is 23.7. The summed E-state index contributed by atoms with van der Waals surface area (Å²) in [6, 6.07) is 0. The second-order valence-electron chi connectivity index (χ2n) is 7.89. The van der Waals surface area contributed by atoms with Crippen LogP contribution in [0.3, 0.4) is 0 Å². The molecule has 0 aliphatic heterocycles. The Labute approximate surface area is 173 Å². The van der Waals surface area contributed by atoms with E-state index in [0.29, 0.717) is 13.0 Å². The summed E-state index contributed by atoms with van der Waals surface area (Å²) in [5.41, 5.74) is 0. The van der Waals surface area contributed by atoms with Crippen molar-refractivity contribution >= 4 is 11.8 Å². The van der Waals surface area contributed by atoms with E-state index in [2.05, 4.69) is 19.1 Å². The topological polar surface area (TPSA) is 63.6 Å². The number of Topliss-reactive ketones (excluding diaryl/α,β-unsaturated/α-hetero) is 1. The highest BCUT2D eigenvalue weighted by atomic mass is 16.5. The predicted octanol–water partition coefficient (Wildman–Crippen LogP) is 6.15. The third-order valence-corrected chi connectivity index (χ3v) is 5.10. The van der Waals surface area contributed by atoms with E-state index in [0.717, 1.165) is 64.2 Å². The predicted molar refractivity (Wildman–Crippen MR) is 116 cm³/mol. The van der Waals surface area contributed by atoms with Gasteiger partial charge in [-0.1, -0.05) is 77.4 Å². The SMILES string of the molecule is CCCCCCC(O)C/C=C\CCCCCCC(C(C)=O)C(=O)OCCCC. The van der Waals surface area contributed by atoms with Crippen LogP contribution in [-0.2, 0) is 14.3 Å². The highest BCUT2D eigenvalue weighted by Gasteiger charge is 2.24. The number of carbonyl (C=O) groups is 2. The molecule has 28 heavy (non-hydrogen) atoms. The summed E-state index contributed by atoms with van der Waals surface area (Å²) >= 11 is 0. The van der Waals surface area contributed by atoms with Crippen molar-refractivity contribution in [2.24, 2.45) is 5.92 Å². The van der Waals surface area contributed by atoms with Crippen LogP contribution in [-0.4, -0.2) is 29.6 Å². The molecule has 1 N–H and O–H groups in total. The summed E-state index contributed by atoms with van der Waals surface area (Å²) in [6.45, 7) is 6.14. The molecule has 4 nitrogen and oxygen atoms in total. The number of aliphatic hydroxyl groups is 1. The zero-order valence-corrected chi connectivity index (χ0v) is 18.6. The minimum absolute atomic E-state index is 0.0855. The van der Waals surface area contributed by atoms with Crippen LogP contribution in [0.25, 0.3) is 0 Å². The van der Waals surface area contributed by atoms with Gasteiger partial charge < -0.3 is 9.84 Å². The summed E-state index contributed by atoms with van der Waals surface area (Å²) < 4.78 is 5.19. The van der Waals surface area contributed by atoms with E-state index in [-0.39, 0.29) is 17.9 Å². The molecule has 0 aromatic heterocycles. The molecule has 4 heteroatoms. The zero-order chi connectivity index (χ0) is 21.0. The Balaban J connectivity index is 3.72. The second-order valence-corrected chi connectivity index (χ2v) is 7.89. The number of hydrogen-bond donors (Lipinski definition) is 1. The van der Waals surface area contributed by atoms with Crippen LogP contribution < -0.4 is 0 Å². The largest absolute Gasteiger partial charge is 0.465 e. The van der Waals surface area contributed by atoms with E-state index in [9.17, 15) is 14.7 Å². The summed E-state index contributed by atoms with van der Waals surface area (Å²) in [6.07, 6.45) is 18.1. The number of esters is 1. The van der Waals surface area contributed by atoms with Gasteiger partial charge in [0.25, 0.3) is 0 Å². The molecule has 0 saturated heterocycles. The lowest BCUT2D eigenvalue weighted by Gasteiger charge is -2.13. The van der Waals surface area contributed by atoms with Crippen LogP contribution >= 0.6 is 0 Å². The first-order chi connectivity index (χ1) is 13.5. The number of ketones is 1. The number of allylic oxidation sites excluding steroid dienone is 1. The minimum atomic E-state index is -0.587. The van der Waals surface area contributed by atoms with Crippen LogP contribution in [0, 0.1) is 5.92 Å². The van der Waals surface area contributed by atoms with Gasteiger partial charge in [0.05, 0.1) is 12.7 Å². The molecule has 0 aromatic carbocycles. The fourth-order valence-electron chi connectivity index (χ4n) is 3.16. The standard InChI is InChI=1S/C24H44O4/c1-4-6-8-14-17-22(26)18-15-12-10-9-11-13-16-19-23(21(3)25)24(27)28-20-7-5-2/h12,15,22-23,26H,4-11,13-14,16-20H2,1-3H3/b15-12-. The van der Waals surface area contributed by atoms with E-state index < -0.39 is 5.92 Å². The lowest BCUT2D eigenvalue weighted by Crippen LogP contribution is -2.24. The Hall–Kier alpha value is -1.16. The van der Waals surface area contributed by atoms with Crippen molar-refractivity contribution in [1.82, 2.24) is 0 Å². The fraction of sp³-hybridized carbons (Fsp3) is 0.833. The van der Waals surface area contributed by atoms with Gasteiger partial charge in [-0.3, -0.25) is 9.59 Å². The molecule has 0 spiro atoms. The monoisotopic (exact) mass is 396 g/mol. The number of unbranched alkanes of at least 4 members (excludes halogenated alkanes) is 8. The number of ether oxygens (including phenoxy) is 1. The molecule has 0 amide bonds. The molecule has 0 aliphatic rings. The highest BCUT2D eigenvalue weighted by molar-refractivity contribution is 5.97. The van der Waals surface area contributed by atoms with Crippen molar-refractivity contribution in [3.8, 4) is 0 Å². The van der Waals surface area contributed by atoms with Gasteiger partial charge in [-0.2, -0.15) is 0 Å². The van der Waals surface area contributed by atoms with Crippen molar-refractivity contribution < 1.29 is 19.4 Å². The van der Waals surface area contributed by atoms with Crippen LogP contribution in [0.1, 0.15) is 111 Å². The minimum Gasteiger partial charge on any atom is -0.465 e. The molecule has 0 rings (SSSR count). The number of rotatable bonds is 19. The van der Waals surface area contributed by atoms with Gasteiger partial charge in [0.1, 0.15) is 11.7 Å². The first-order valence-electron chi connectivity index (χ1n) is 11.5. The second kappa shape index (κ2) is 19.2. The number of aliphatic hydroxyl groups excluding tert-OH is 1. The maximum atomic E-state index is 12.0. The smallest absolute Gasteiger partial charge is 0.316 e. The molecule has 0 fully saturated rings. The molecule has 2 atom stereocenters. The van der Waals surface area contributed by atoms with Gasteiger partial charge in [0.15, 0.2) is 0 Å². The molecule has 0 heterocycles. The van der Waals surface area contributed by atoms with E-state index >= 15 is 0 Å². The average Bonchev–Trinajstić information content (AvgIpc) is 2.66. The van der Waals surface area contributed by atoms with Crippen molar-refractivity contribution in [3.05, 3.63) is 12.2 Å². The molecule has 164 valence electrons. The highest BCUT2D eigenvalue weighted by Crippen LogP contribution is 2.15. The third-order valence-electron chi connectivity index (χ3n) is 5.10. The molecule has 0 bridgehead atoms. The lowest BCUT2D eigenvalue weighted by molar-refractivity contribution is -0.152. The lowest BCUT2D eigenvalue weighted by atomic mass is 9.97. The molecular formula is C24H44O4. The van der Waals surface area contributed by atoms with Crippen LogP contribution in [0.2, 0.25) is 0 Å². The Morgan fingerprint density at radius 3 is 2.18 bits per heavy atom. The van der Waals surface area contributed by atoms with Gasteiger partial charge in [-0.25, -0.2) is 0 Å². The first kappa shape index (κ1) is 26.8. The maximum Gasteiger partial charge on any atom is 0.316 e. The molecule has 0 aromatic rings. The summed E-state index contributed by atoms with van der Waals surface area (Å²) in [7, 11) is 0. The Morgan fingerprint density at radius 1 is 0.857 bits per heavy atom. The Morgan fingerprint density at radius 2 is 1.50 bits per heavy atom. The molecular weight excluding hydrogens is 352 g/mol. The van der Waals surface area contributed by atoms with E-state index in [1.807, 2.05) is 6.92 Å². The summed E-state index contributed by atoms with van der Waals surface area (Å²) in [5.74, 6) is -1.02. The summed E-state index contributed by atoms with van der Waals surface area (Å²) in [5, 5.41) is 9.91. The normalized spacial score (nSPS) is 13.6. The van der Waals surface area contributed by atoms with E-state index in [4.69, 9.17) is 4.74 Å². The Kier molecular flexibility index (Phi) is 18.4. The van der Waals surface area contributed by atoms with Gasteiger partial charge in [0, 0.05) is 0 Å².